The van der Waals surface area contributed by atoms with Crippen LogP contribution in [0, 0.1) is 20.8 Å². The fraction of sp³-hybridized carbons (Fsp3) is 0.348. The predicted molar refractivity (Wildman–Crippen MR) is 122 cm³/mol. The van der Waals surface area contributed by atoms with Crippen molar-refractivity contribution in [2.45, 2.75) is 46.8 Å². The Labute approximate surface area is 194 Å². The van der Waals surface area contributed by atoms with Gasteiger partial charge in [-0.1, -0.05) is 28.4 Å². The smallest absolute Gasteiger partial charge is 0.256 e. The molecule has 1 unspecified atom stereocenters. The monoisotopic (exact) mass is 475 g/mol. The molecule has 1 amide bonds. The van der Waals surface area contributed by atoms with Crippen molar-refractivity contribution in [3.63, 3.8) is 0 Å². The van der Waals surface area contributed by atoms with Gasteiger partial charge < -0.3 is 19.5 Å². The molecule has 0 spiro atoms. The van der Waals surface area contributed by atoms with Crippen LogP contribution in [0.5, 0.6) is 0 Å². The van der Waals surface area contributed by atoms with Gasteiger partial charge in [0.2, 0.25) is 0 Å². The molecule has 3 aromatic rings. The van der Waals surface area contributed by atoms with Gasteiger partial charge in [-0.25, -0.2) is 0 Å². The number of pyridine rings is 1. The molecule has 1 aromatic carbocycles. The maximum atomic E-state index is 13.5. The third-order valence-electron chi connectivity index (χ3n) is 5.85. The lowest BCUT2D eigenvalue weighted by Crippen LogP contribution is -2.39. The van der Waals surface area contributed by atoms with E-state index in [1.807, 2.05) is 19.9 Å². The van der Waals surface area contributed by atoms with Crippen LogP contribution in [0.4, 0.5) is 0 Å². The number of aromatic nitrogens is 2. The predicted octanol–water partition coefficient (Wildman–Crippen LogP) is 4.51. The fourth-order valence-corrected chi connectivity index (χ4v) is 4.88. The standard InChI is InChI=1S/C23H23Cl2N3O4/c1-10-7-11(2)26-22(30)16(10)9-28-6-5-14-17(24)8-15(20(25)19(14)23(28)31)18-13(4)32-27-21(18)12(3)29/h7-8,12,29H,5-6,9H2,1-4H3,(H,26,30). The van der Waals surface area contributed by atoms with Gasteiger partial charge in [0.15, 0.2) is 0 Å². The number of carbonyl (C=O) groups excluding carboxylic acids is 1. The molecule has 0 fully saturated rings. The molecule has 1 aliphatic heterocycles. The number of amides is 1. The Hall–Kier alpha value is -2.61. The van der Waals surface area contributed by atoms with E-state index >= 15 is 0 Å². The van der Waals surface area contributed by atoms with Gasteiger partial charge in [-0.2, -0.15) is 0 Å². The van der Waals surface area contributed by atoms with Crippen molar-refractivity contribution >= 4 is 29.1 Å². The molecule has 9 heteroatoms. The second kappa shape index (κ2) is 8.39. The number of H-pyrrole nitrogens is 1. The molecular weight excluding hydrogens is 453 g/mol. The molecular formula is C23H23Cl2N3O4. The molecule has 2 aromatic heterocycles. The zero-order valence-electron chi connectivity index (χ0n) is 18.2. The van der Waals surface area contributed by atoms with Crippen LogP contribution in [-0.2, 0) is 13.0 Å². The molecule has 168 valence electrons. The number of carbonyl (C=O) groups is 1. The van der Waals surface area contributed by atoms with Crippen molar-refractivity contribution in [2.75, 3.05) is 6.54 Å². The number of hydrogen-bond acceptors (Lipinski definition) is 5. The van der Waals surface area contributed by atoms with Gasteiger partial charge >= 0.3 is 0 Å². The highest BCUT2D eigenvalue weighted by molar-refractivity contribution is 6.39. The SMILES string of the molecule is Cc1cc(C)c(CN2CCc3c(Cl)cc(-c4c(C(C)O)noc4C)c(Cl)c3C2=O)c(=O)[nH]1. The first-order chi connectivity index (χ1) is 15.1. The van der Waals surface area contributed by atoms with E-state index in [0.717, 1.165) is 11.3 Å². The van der Waals surface area contributed by atoms with E-state index in [1.54, 1.807) is 24.8 Å². The minimum atomic E-state index is -0.892. The van der Waals surface area contributed by atoms with Crippen LogP contribution in [0.15, 0.2) is 21.5 Å². The van der Waals surface area contributed by atoms with Gasteiger partial charge in [0, 0.05) is 28.4 Å². The largest absolute Gasteiger partial charge is 0.387 e. The number of nitrogens with one attached hydrogen (secondary N) is 1. The molecule has 0 saturated carbocycles. The highest BCUT2D eigenvalue weighted by Crippen LogP contribution is 2.42. The normalized spacial score (nSPS) is 14.6. The summed E-state index contributed by atoms with van der Waals surface area (Å²) in [5.41, 5.74) is 4.21. The molecule has 1 aliphatic rings. The van der Waals surface area contributed by atoms with E-state index in [9.17, 15) is 14.7 Å². The summed E-state index contributed by atoms with van der Waals surface area (Å²) in [6.07, 6.45) is -0.383. The van der Waals surface area contributed by atoms with Crippen LogP contribution in [0.25, 0.3) is 11.1 Å². The number of rotatable bonds is 4. The summed E-state index contributed by atoms with van der Waals surface area (Å²) in [5.74, 6) is 0.160. The number of aliphatic hydroxyl groups is 1. The molecule has 0 bridgehead atoms. The third-order valence-corrected chi connectivity index (χ3v) is 6.58. The van der Waals surface area contributed by atoms with E-state index in [1.165, 1.54) is 0 Å². The summed E-state index contributed by atoms with van der Waals surface area (Å²) in [5, 5.41) is 14.7. The molecule has 0 saturated heterocycles. The second-order valence-corrected chi connectivity index (χ2v) is 8.95. The van der Waals surface area contributed by atoms with Crippen molar-refractivity contribution in [3.05, 3.63) is 71.9 Å². The quantitative estimate of drug-likeness (QED) is 0.577. The highest BCUT2D eigenvalue weighted by atomic mass is 35.5. The van der Waals surface area contributed by atoms with Crippen molar-refractivity contribution in [1.29, 1.82) is 0 Å². The van der Waals surface area contributed by atoms with Crippen LogP contribution in [-0.4, -0.2) is 32.6 Å². The Balaban J connectivity index is 1.80. The number of nitrogens with zero attached hydrogens (tertiary/aromatic N) is 2. The molecule has 4 rings (SSSR count). The summed E-state index contributed by atoms with van der Waals surface area (Å²) in [6.45, 7) is 7.54. The Morgan fingerprint density at radius 1 is 1.22 bits per heavy atom. The summed E-state index contributed by atoms with van der Waals surface area (Å²) in [7, 11) is 0. The molecule has 0 radical (unpaired) electrons. The highest BCUT2D eigenvalue weighted by Gasteiger charge is 2.32. The van der Waals surface area contributed by atoms with Crippen molar-refractivity contribution in [2.24, 2.45) is 0 Å². The lowest BCUT2D eigenvalue weighted by Gasteiger charge is -2.30. The maximum absolute atomic E-state index is 13.5. The van der Waals surface area contributed by atoms with Gasteiger partial charge in [-0.3, -0.25) is 9.59 Å². The topological polar surface area (TPSA) is 99.4 Å². The summed E-state index contributed by atoms with van der Waals surface area (Å²) in [6, 6.07) is 3.57. The number of hydrogen-bond donors (Lipinski definition) is 2. The Bertz CT molecular complexity index is 1290. The van der Waals surface area contributed by atoms with Crippen LogP contribution in [0.1, 0.15) is 57.2 Å². The van der Waals surface area contributed by atoms with Gasteiger partial charge in [0.1, 0.15) is 11.5 Å². The molecule has 7 nitrogen and oxygen atoms in total. The first kappa shape index (κ1) is 22.6. The molecule has 0 aliphatic carbocycles. The first-order valence-electron chi connectivity index (χ1n) is 10.2. The van der Waals surface area contributed by atoms with E-state index in [4.69, 9.17) is 27.7 Å². The van der Waals surface area contributed by atoms with Gasteiger partial charge in [-0.15, -0.1) is 0 Å². The van der Waals surface area contributed by atoms with Crippen LogP contribution in [0.3, 0.4) is 0 Å². The lowest BCUT2D eigenvalue weighted by atomic mass is 9.92. The van der Waals surface area contributed by atoms with Gasteiger partial charge in [0.05, 0.1) is 28.8 Å². The number of aromatic amines is 1. The molecule has 3 heterocycles. The number of benzene rings is 1. The number of aryl methyl sites for hydroxylation is 3. The van der Waals surface area contributed by atoms with E-state index in [0.29, 0.717) is 57.3 Å². The van der Waals surface area contributed by atoms with E-state index in [2.05, 4.69) is 10.1 Å². The Morgan fingerprint density at radius 3 is 2.59 bits per heavy atom. The summed E-state index contributed by atoms with van der Waals surface area (Å²) in [4.78, 5) is 30.4. The zero-order chi connectivity index (χ0) is 23.3. The van der Waals surface area contributed by atoms with Crippen molar-refractivity contribution in [3.8, 4) is 11.1 Å². The number of halogens is 2. The second-order valence-electron chi connectivity index (χ2n) is 8.17. The first-order valence-corrected chi connectivity index (χ1v) is 11.0. The maximum Gasteiger partial charge on any atom is 0.256 e. The lowest BCUT2D eigenvalue weighted by molar-refractivity contribution is 0.0726. The number of aliphatic hydroxyl groups excluding tert-OH is 1. The van der Waals surface area contributed by atoms with Crippen LogP contribution in [0.2, 0.25) is 10.0 Å². The molecule has 1 atom stereocenters. The minimum absolute atomic E-state index is 0.170. The number of fused-ring (bicyclic) bond motifs is 1. The average Bonchev–Trinajstić information content (AvgIpc) is 3.10. The van der Waals surface area contributed by atoms with Crippen LogP contribution >= 0.6 is 23.2 Å². The molecule has 32 heavy (non-hydrogen) atoms. The van der Waals surface area contributed by atoms with Gasteiger partial charge in [-0.05, 0) is 57.4 Å². The molecule has 2 N–H and O–H groups in total. The summed E-state index contributed by atoms with van der Waals surface area (Å²) >= 11 is 13.3. The average molecular weight is 476 g/mol. The Kier molecular flexibility index (Phi) is 5.92. The summed E-state index contributed by atoms with van der Waals surface area (Å²) < 4.78 is 5.27. The van der Waals surface area contributed by atoms with Gasteiger partial charge in [0.25, 0.3) is 11.5 Å². The van der Waals surface area contributed by atoms with Crippen molar-refractivity contribution < 1.29 is 14.4 Å². The minimum Gasteiger partial charge on any atom is -0.387 e. The van der Waals surface area contributed by atoms with E-state index < -0.39 is 6.10 Å². The van der Waals surface area contributed by atoms with Crippen molar-refractivity contribution in [1.82, 2.24) is 15.0 Å². The zero-order valence-corrected chi connectivity index (χ0v) is 19.7. The Morgan fingerprint density at radius 2 is 1.94 bits per heavy atom. The fourth-order valence-electron chi connectivity index (χ4n) is 4.24. The third kappa shape index (κ3) is 3.74. The van der Waals surface area contributed by atoms with Crippen LogP contribution < -0.4 is 5.56 Å². The van der Waals surface area contributed by atoms with E-state index in [-0.39, 0.29) is 23.0 Å².